The molecule has 1 aliphatic rings. The lowest BCUT2D eigenvalue weighted by atomic mass is 10.1. The number of hydrogen-bond acceptors (Lipinski definition) is 4. The third kappa shape index (κ3) is 4.46. The zero-order valence-corrected chi connectivity index (χ0v) is 17.7. The molecule has 0 saturated carbocycles. The van der Waals surface area contributed by atoms with E-state index in [0.717, 1.165) is 5.56 Å². The minimum Gasteiger partial charge on any atom is -0.387 e. The number of hydrogen-bond donors (Lipinski definition) is 2. The third-order valence-corrected chi connectivity index (χ3v) is 5.40. The highest BCUT2D eigenvalue weighted by Crippen LogP contribution is 2.39. The molecule has 0 saturated heterocycles. The minimum absolute atomic E-state index is 0.0501. The van der Waals surface area contributed by atoms with E-state index in [-0.39, 0.29) is 24.9 Å². The number of aliphatic hydroxyl groups excluding tert-OH is 1. The topological polar surface area (TPSA) is 72.9 Å². The molecule has 0 spiro atoms. The van der Waals surface area contributed by atoms with Crippen LogP contribution >= 0.6 is 11.6 Å². The van der Waals surface area contributed by atoms with Crippen LogP contribution in [0.3, 0.4) is 0 Å². The molecule has 3 aromatic rings. The maximum atomic E-state index is 13.4. The molecule has 0 aliphatic carbocycles. The summed E-state index contributed by atoms with van der Waals surface area (Å²) in [6, 6.07) is 21.3. The van der Waals surface area contributed by atoms with Crippen LogP contribution in [0, 0.1) is 0 Å². The van der Waals surface area contributed by atoms with Crippen LogP contribution in [0.25, 0.3) is 0 Å². The van der Waals surface area contributed by atoms with Gasteiger partial charge in [0, 0.05) is 11.6 Å². The molecular weight excluding hydrogens is 414 g/mol. The molecule has 1 unspecified atom stereocenters. The molecule has 2 amide bonds. The van der Waals surface area contributed by atoms with Gasteiger partial charge in [-0.2, -0.15) is 0 Å². The number of anilines is 3. The quantitative estimate of drug-likeness (QED) is 0.628. The molecule has 7 heteroatoms. The molecule has 0 aromatic heterocycles. The summed E-state index contributed by atoms with van der Waals surface area (Å²) in [5.74, 6) is -0.530. The van der Waals surface area contributed by atoms with Crippen LogP contribution in [0.4, 0.5) is 17.1 Å². The summed E-state index contributed by atoms with van der Waals surface area (Å²) in [6.07, 6.45) is -0.718. The van der Waals surface area contributed by atoms with Gasteiger partial charge in [-0.3, -0.25) is 19.4 Å². The Bertz CT molecular complexity index is 1120. The Morgan fingerprint density at radius 3 is 2.55 bits per heavy atom. The Morgan fingerprint density at radius 1 is 1.06 bits per heavy atom. The number of benzene rings is 3. The second-order valence-corrected chi connectivity index (χ2v) is 7.92. The van der Waals surface area contributed by atoms with Crippen LogP contribution in [0.1, 0.15) is 22.0 Å². The summed E-state index contributed by atoms with van der Waals surface area (Å²) in [6.45, 7) is 0.338. The lowest BCUT2D eigenvalue weighted by Gasteiger charge is -2.27. The molecule has 0 radical (unpaired) electrons. The molecular formula is C24H22ClN3O3. The summed E-state index contributed by atoms with van der Waals surface area (Å²) < 4.78 is 0. The molecule has 2 N–H and O–H groups in total. The van der Waals surface area contributed by atoms with Crippen molar-refractivity contribution in [1.29, 1.82) is 0 Å². The molecule has 1 heterocycles. The summed E-state index contributed by atoms with van der Waals surface area (Å²) in [5.41, 5.74) is 2.70. The Labute approximate surface area is 185 Å². The minimum atomic E-state index is -0.718. The van der Waals surface area contributed by atoms with Gasteiger partial charge in [0.2, 0.25) is 5.91 Å². The first-order chi connectivity index (χ1) is 14.9. The number of amides is 2. The average Bonchev–Trinajstić information content (AvgIpc) is 2.88. The van der Waals surface area contributed by atoms with Crippen LogP contribution in [-0.2, 0) is 4.79 Å². The number of carbonyl (C=O) groups is 2. The van der Waals surface area contributed by atoms with Crippen LogP contribution in [0.15, 0.2) is 72.8 Å². The second-order valence-electron chi connectivity index (χ2n) is 7.49. The molecule has 3 aromatic carbocycles. The normalized spacial score (nSPS) is 13.8. The summed E-state index contributed by atoms with van der Waals surface area (Å²) in [7, 11) is 1.78. The second kappa shape index (κ2) is 8.89. The highest BCUT2D eigenvalue weighted by atomic mass is 35.5. The first-order valence-corrected chi connectivity index (χ1v) is 10.3. The monoisotopic (exact) mass is 435 g/mol. The number of rotatable bonds is 5. The molecule has 6 nitrogen and oxygen atoms in total. The highest BCUT2D eigenvalue weighted by Gasteiger charge is 2.30. The van der Waals surface area contributed by atoms with Crippen LogP contribution in [-0.4, -0.2) is 42.0 Å². The number of nitrogens with one attached hydrogen (secondary N) is 1. The van der Waals surface area contributed by atoms with Crippen LogP contribution in [0.5, 0.6) is 0 Å². The smallest absolute Gasteiger partial charge is 0.257 e. The number of fused-ring (bicyclic) bond motifs is 2. The largest absolute Gasteiger partial charge is 0.387 e. The molecule has 0 bridgehead atoms. The summed E-state index contributed by atoms with van der Waals surface area (Å²) >= 11 is 6.13. The van der Waals surface area contributed by atoms with Crippen LogP contribution < -0.4 is 10.2 Å². The van der Waals surface area contributed by atoms with Gasteiger partial charge in [0.15, 0.2) is 0 Å². The summed E-state index contributed by atoms with van der Waals surface area (Å²) in [5, 5.41) is 13.8. The Balaban J connectivity index is 1.62. The van der Waals surface area contributed by atoms with Gasteiger partial charge in [-0.05, 0) is 42.9 Å². The van der Waals surface area contributed by atoms with Gasteiger partial charge >= 0.3 is 0 Å². The zero-order valence-electron chi connectivity index (χ0n) is 17.0. The van der Waals surface area contributed by atoms with Crippen molar-refractivity contribution in [1.82, 2.24) is 4.90 Å². The average molecular weight is 436 g/mol. The van der Waals surface area contributed by atoms with E-state index in [1.165, 1.54) is 4.90 Å². The van der Waals surface area contributed by atoms with Crippen molar-refractivity contribution in [2.24, 2.45) is 0 Å². The first-order valence-electron chi connectivity index (χ1n) is 9.88. The molecule has 1 aliphatic heterocycles. The lowest BCUT2D eigenvalue weighted by Crippen LogP contribution is -2.38. The van der Waals surface area contributed by atoms with Crippen molar-refractivity contribution >= 4 is 40.5 Å². The van der Waals surface area contributed by atoms with Gasteiger partial charge in [0.05, 0.1) is 35.3 Å². The SMILES string of the molecule is CN(CC(=O)N1c2ccc(Cl)cc2NC(=O)c2ccccc21)CC(O)c1ccccc1. The molecule has 31 heavy (non-hydrogen) atoms. The first kappa shape index (κ1) is 21.1. The van der Waals surface area contributed by atoms with E-state index >= 15 is 0 Å². The van der Waals surface area contributed by atoms with Gasteiger partial charge in [-0.1, -0.05) is 54.1 Å². The Hall–Kier alpha value is -3.19. The molecule has 158 valence electrons. The van der Waals surface area contributed by atoms with Gasteiger partial charge in [0.25, 0.3) is 5.91 Å². The fraction of sp³-hybridized carbons (Fsp3) is 0.167. The number of para-hydroxylation sites is 1. The number of halogens is 1. The predicted octanol–water partition coefficient (Wildman–Crippen LogP) is 4.24. The Kier molecular flexibility index (Phi) is 6.04. The number of aliphatic hydroxyl groups is 1. The maximum absolute atomic E-state index is 13.4. The number of carbonyl (C=O) groups excluding carboxylic acids is 2. The van der Waals surface area contributed by atoms with Crippen molar-refractivity contribution < 1.29 is 14.7 Å². The van der Waals surface area contributed by atoms with E-state index in [2.05, 4.69) is 5.32 Å². The van der Waals surface area contributed by atoms with Gasteiger partial charge in [-0.25, -0.2) is 0 Å². The summed E-state index contributed by atoms with van der Waals surface area (Å²) in [4.78, 5) is 29.5. The van der Waals surface area contributed by atoms with E-state index < -0.39 is 6.10 Å². The van der Waals surface area contributed by atoms with Gasteiger partial charge in [0.1, 0.15) is 0 Å². The zero-order chi connectivity index (χ0) is 22.0. The van der Waals surface area contributed by atoms with Crippen molar-refractivity contribution in [3.63, 3.8) is 0 Å². The molecule has 1 atom stereocenters. The maximum Gasteiger partial charge on any atom is 0.257 e. The molecule has 4 rings (SSSR count). The van der Waals surface area contributed by atoms with E-state index in [1.807, 2.05) is 30.3 Å². The third-order valence-electron chi connectivity index (χ3n) is 5.16. The van der Waals surface area contributed by atoms with Gasteiger partial charge in [-0.15, -0.1) is 0 Å². The Morgan fingerprint density at radius 2 is 1.77 bits per heavy atom. The molecule has 0 fully saturated rings. The standard InChI is InChI=1S/C24H22ClN3O3/c1-27(14-22(29)16-7-3-2-4-8-16)15-23(30)28-20-10-6-5-9-18(20)24(31)26-19-13-17(25)11-12-21(19)28/h2-13,22,29H,14-15H2,1H3,(H,26,31). The van der Waals surface area contributed by atoms with Gasteiger partial charge < -0.3 is 10.4 Å². The van der Waals surface area contributed by atoms with E-state index in [9.17, 15) is 14.7 Å². The van der Waals surface area contributed by atoms with Crippen molar-refractivity contribution in [3.8, 4) is 0 Å². The van der Waals surface area contributed by atoms with Crippen molar-refractivity contribution in [2.75, 3.05) is 30.4 Å². The van der Waals surface area contributed by atoms with Crippen molar-refractivity contribution in [3.05, 3.63) is 88.9 Å². The predicted molar refractivity (Wildman–Crippen MR) is 122 cm³/mol. The van der Waals surface area contributed by atoms with E-state index in [1.54, 1.807) is 54.4 Å². The van der Waals surface area contributed by atoms with E-state index in [0.29, 0.717) is 27.6 Å². The van der Waals surface area contributed by atoms with Crippen molar-refractivity contribution in [2.45, 2.75) is 6.10 Å². The van der Waals surface area contributed by atoms with E-state index in [4.69, 9.17) is 11.6 Å². The fourth-order valence-electron chi connectivity index (χ4n) is 3.69. The fourth-order valence-corrected chi connectivity index (χ4v) is 3.87. The highest BCUT2D eigenvalue weighted by molar-refractivity contribution is 6.31. The lowest BCUT2D eigenvalue weighted by molar-refractivity contribution is -0.119. The van der Waals surface area contributed by atoms with Crippen LogP contribution in [0.2, 0.25) is 5.02 Å². The number of likely N-dealkylation sites (N-methyl/N-ethyl adjacent to an activating group) is 1. The number of nitrogens with zero attached hydrogens (tertiary/aromatic N) is 2.